The van der Waals surface area contributed by atoms with Crippen LogP contribution < -0.4 is 15.2 Å². The fourth-order valence-electron chi connectivity index (χ4n) is 1.34. The smallest absolute Gasteiger partial charge is 0.493 e. The molecule has 1 aromatic carbocycles. The maximum Gasteiger partial charge on any atom is 0.573 e. The molecule has 0 spiro atoms. The number of hydrogen-bond donors (Lipinski definition) is 1. The average Bonchev–Trinajstić information content (AvgIpc) is 2.65. The van der Waals surface area contributed by atoms with E-state index in [0.717, 1.165) is 12.0 Å². The molecule has 2 N–H and O–H groups in total. The first-order valence-corrected chi connectivity index (χ1v) is 4.64. The van der Waals surface area contributed by atoms with Crippen molar-refractivity contribution in [2.24, 2.45) is 5.73 Å². The summed E-state index contributed by atoms with van der Waals surface area (Å²) in [6, 6.07) is 4.14. The highest BCUT2D eigenvalue weighted by Crippen LogP contribution is 2.31. The lowest BCUT2D eigenvalue weighted by Crippen LogP contribution is -2.17. The zero-order valence-corrected chi connectivity index (χ0v) is 8.67. The van der Waals surface area contributed by atoms with Crippen molar-refractivity contribution in [1.29, 1.82) is 0 Å². The molecule has 1 aromatic rings. The molecule has 0 aliphatic carbocycles. The molecule has 0 saturated heterocycles. The lowest BCUT2D eigenvalue weighted by atomic mass is 10.2. The van der Waals surface area contributed by atoms with Gasteiger partial charge in [0.25, 0.3) is 0 Å². The largest absolute Gasteiger partial charge is 0.573 e. The van der Waals surface area contributed by atoms with Crippen LogP contribution in [0.1, 0.15) is 6.99 Å². The van der Waals surface area contributed by atoms with Gasteiger partial charge in [-0.2, -0.15) is 0 Å². The van der Waals surface area contributed by atoms with Crippen molar-refractivity contribution in [3.63, 3.8) is 0 Å². The first kappa shape index (κ1) is 12.6. The van der Waals surface area contributed by atoms with Gasteiger partial charge in [-0.1, -0.05) is 6.07 Å². The third-order valence-corrected chi connectivity index (χ3v) is 1.90. The van der Waals surface area contributed by atoms with Crippen LogP contribution in [0.25, 0.3) is 0 Å². The van der Waals surface area contributed by atoms with Gasteiger partial charge in [0.15, 0.2) is 0 Å². The van der Waals surface area contributed by atoms with E-state index in [1.54, 1.807) is 6.07 Å². The van der Waals surface area contributed by atoms with Gasteiger partial charge in [0, 0.05) is 13.9 Å². The third kappa shape index (κ3) is 3.30. The summed E-state index contributed by atoms with van der Waals surface area (Å²) in [4.78, 5) is 0. The lowest BCUT2D eigenvalue weighted by Gasteiger charge is -2.09. The van der Waals surface area contributed by atoms with E-state index in [0.29, 0.717) is 12.4 Å². The summed E-state index contributed by atoms with van der Waals surface area (Å²) < 4.78 is 44.3. The molecule has 6 heteroatoms. The summed E-state index contributed by atoms with van der Waals surface area (Å²) in [7, 11) is 1.50. The standard InChI is InChI=1S/C9H7F3O2.CH5N.H2/c10-9(11,12)14-7-2-1-6-3-4-13-8(6)5-7;1-2;/h1-2,5H,3-4H2;2H2,1H3;1H. The summed E-state index contributed by atoms with van der Waals surface area (Å²) in [6.45, 7) is 0.519. The molecule has 0 radical (unpaired) electrons. The zero-order chi connectivity index (χ0) is 12.2. The maximum absolute atomic E-state index is 11.8. The number of ether oxygens (including phenoxy) is 2. The van der Waals surface area contributed by atoms with Gasteiger partial charge in [0.1, 0.15) is 11.5 Å². The highest BCUT2D eigenvalue weighted by atomic mass is 19.4. The highest BCUT2D eigenvalue weighted by Gasteiger charge is 2.31. The van der Waals surface area contributed by atoms with Crippen molar-refractivity contribution in [2.45, 2.75) is 12.8 Å². The minimum absolute atomic E-state index is 0. The zero-order valence-electron chi connectivity index (χ0n) is 8.67. The maximum atomic E-state index is 11.8. The second-order valence-electron chi connectivity index (χ2n) is 2.92. The Balaban J connectivity index is 0.000000811. The van der Waals surface area contributed by atoms with Gasteiger partial charge in [0.2, 0.25) is 0 Å². The van der Waals surface area contributed by atoms with E-state index >= 15 is 0 Å². The topological polar surface area (TPSA) is 44.5 Å². The van der Waals surface area contributed by atoms with Crippen molar-refractivity contribution in [3.8, 4) is 11.5 Å². The van der Waals surface area contributed by atoms with Crippen LogP contribution in [0.2, 0.25) is 0 Å². The number of hydrogen-bond acceptors (Lipinski definition) is 3. The molecule has 1 aliphatic rings. The van der Waals surface area contributed by atoms with Gasteiger partial charge in [-0.25, -0.2) is 0 Å². The lowest BCUT2D eigenvalue weighted by molar-refractivity contribution is -0.274. The normalized spacial score (nSPS) is 13.3. The molecular formula is C10H14F3NO2. The quantitative estimate of drug-likeness (QED) is 0.815. The van der Waals surface area contributed by atoms with Gasteiger partial charge in [-0.15, -0.1) is 13.2 Å². The molecule has 0 unspecified atom stereocenters. The number of alkyl halides is 3. The Morgan fingerprint density at radius 3 is 2.69 bits per heavy atom. The van der Waals surface area contributed by atoms with E-state index in [9.17, 15) is 13.2 Å². The number of benzene rings is 1. The van der Waals surface area contributed by atoms with Crippen LogP contribution in [0.5, 0.6) is 11.5 Å². The van der Waals surface area contributed by atoms with Gasteiger partial charge in [0.05, 0.1) is 6.61 Å². The monoisotopic (exact) mass is 237 g/mol. The summed E-state index contributed by atoms with van der Waals surface area (Å²) in [5, 5.41) is 0. The second-order valence-corrected chi connectivity index (χ2v) is 2.92. The van der Waals surface area contributed by atoms with Crippen LogP contribution in [0.4, 0.5) is 13.2 Å². The summed E-state index contributed by atoms with van der Waals surface area (Å²) in [6.07, 6.45) is -3.91. The van der Waals surface area contributed by atoms with Crippen LogP contribution >= 0.6 is 0 Å². The van der Waals surface area contributed by atoms with Crippen LogP contribution in [-0.2, 0) is 6.42 Å². The molecule has 0 saturated carbocycles. The van der Waals surface area contributed by atoms with E-state index in [1.807, 2.05) is 0 Å². The van der Waals surface area contributed by atoms with E-state index in [-0.39, 0.29) is 7.18 Å². The first-order valence-electron chi connectivity index (χ1n) is 4.64. The summed E-state index contributed by atoms with van der Waals surface area (Å²) in [5.41, 5.74) is 5.42. The van der Waals surface area contributed by atoms with Gasteiger partial charge < -0.3 is 15.2 Å². The fourth-order valence-corrected chi connectivity index (χ4v) is 1.34. The third-order valence-electron chi connectivity index (χ3n) is 1.90. The molecule has 0 amide bonds. The average molecular weight is 237 g/mol. The predicted octanol–water partition coefficient (Wildman–Crippen LogP) is 2.34. The Morgan fingerprint density at radius 2 is 2.06 bits per heavy atom. The molecule has 3 nitrogen and oxygen atoms in total. The Morgan fingerprint density at radius 1 is 1.38 bits per heavy atom. The first-order chi connectivity index (χ1) is 7.54. The Hall–Kier alpha value is -1.43. The highest BCUT2D eigenvalue weighted by molar-refractivity contribution is 5.42. The van der Waals surface area contributed by atoms with Gasteiger partial charge >= 0.3 is 6.36 Å². The Labute approximate surface area is 92.4 Å². The fraction of sp³-hybridized carbons (Fsp3) is 0.400. The van der Waals surface area contributed by atoms with Crippen molar-refractivity contribution >= 4 is 0 Å². The minimum atomic E-state index is -4.65. The van der Waals surface area contributed by atoms with Gasteiger partial charge in [-0.3, -0.25) is 0 Å². The van der Waals surface area contributed by atoms with Crippen LogP contribution in [-0.4, -0.2) is 20.0 Å². The Kier molecular flexibility index (Phi) is 4.00. The Bertz CT molecular complexity index is 358. The number of nitrogens with two attached hydrogens (primary N) is 1. The van der Waals surface area contributed by atoms with Crippen LogP contribution in [0, 0.1) is 0 Å². The summed E-state index contributed by atoms with van der Waals surface area (Å²) >= 11 is 0. The summed E-state index contributed by atoms with van der Waals surface area (Å²) in [5.74, 6) is 0.241. The SMILES string of the molecule is CN.FC(F)(F)Oc1ccc2c(c1)OCC2.[HH]. The number of fused-ring (bicyclic) bond motifs is 1. The molecule has 1 heterocycles. The van der Waals surface area contributed by atoms with E-state index in [1.165, 1.54) is 19.2 Å². The van der Waals surface area contributed by atoms with Crippen molar-refractivity contribution < 1.29 is 24.1 Å². The van der Waals surface area contributed by atoms with E-state index in [2.05, 4.69) is 10.5 Å². The molecule has 0 fully saturated rings. The molecule has 92 valence electrons. The minimum Gasteiger partial charge on any atom is -0.493 e. The van der Waals surface area contributed by atoms with Gasteiger partial charge in [-0.05, 0) is 18.7 Å². The number of halogens is 3. The molecule has 16 heavy (non-hydrogen) atoms. The second kappa shape index (κ2) is 5.07. The number of rotatable bonds is 1. The van der Waals surface area contributed by atoms with Crippen LogP contribution in [0.15, 0.2) is 18.2 Å². The van der Waals surface area contributed by atoms with Crippen molar-refractivity contribution in [1.82, 2.24) is 0 Å². The van der Waals surface area contributed by atoms with Crippen molar-refractivity contribution in [3.05, 3.63) is 23.8 Å². The molecule has 1 aliphatic heterocycles. The van der Waals surface area contributed by atoms with E-state index in [4.69, 9.17) is 4.74 Å². The predicted molar refractivity (Wildman–Crippen MR) is 54.5 cm³/mol. The van der Waals surface area contributed by atoms with E-state index < -0.39 is 6.36 Å². The molecule has 0 atom stereocenters. The molecule has 2 rings (SSSR count). The van der Waals surface area contributed by atoms with Crippen molar-refractivity contribution in [2.75, 3.05) is 13.7 Å². The van der Waals surface area contributed by atoms with Crippen LogP contribution in [0.3, 0.4) is 0 Å². The molecule has 0 aromatic heterocycles. The molecule has 0 bridgehead atoms. The molecular weight excluding hydrogens is 223 g/mol.